The summed E-state index contributed by atoms with van der Waals surface area (Å²) in [6.07, 6.45) is 1.49. The number of anilines is 1. The lowest BCUT2D eigenvalue weighted by Crippen LogP contribution is -2.10. The molecular formula is C13H13NO4S. The fourth-order valence-electron chi connectivity index (χ4n) is 1.49. The highest BCUT2D eigenvalue weighted by Crippen LogP contribution is 2.18. The van der Waals surface area contributed by atoms with Crippen molar-refractivity contribution < 1.29 is 18.2 Å². The van der Waals surface area contributed by atoms with Crippen molar-refractivity contribution >= 4 is 22.4 Å². The van der Waals surface area contributed by atoms with Gasteiger partial charge in [0, 0.05) is 18.0 Å². The van der Waals surface area contributed by atoms with Gasteiger partial charge in [-0.1, -0.05) is 6.07 Å². The van der Waals surface area contributed by atoms with E-state index in [1.54, 1.807) is 31.4 Å². The first kappa shape index (κ1) is 13.4. The van der Waals surface area contributed by atoms with Crippen LogP contribution in [0.25, 0.3) is 0 Å². The SMILES string of the molecule is COc1cccc(NC(=O)c2ccc(S(C)=O)o2)c1. The molecular weight excluding hydrogens is 266 g/mol. The number of hydrogen-bond acceptors (Lipinski definition) is 4. The Kier molecular flexibility index (Phi) is 4.01. The molecule has 0 spiro atoms. The van der Waals surface area contributed by atoms with Gasteiger partial charge in [-0.05, 0) is 24.3 Å². The van der Waals surface area contributed by atoms with E-state index in [0.29, 0.717) is 11.4 Å². The smallest absolute Gasteiger partial charge is 0.291 e. The minimum absolute atomic E-state index is 0.119. The topological polar surface area (TPSA) is 68.5 Å². The summed E-state index contributed by atoms with van der Waals surface area (Å²) in [6, 6.07) is 9.99. The predicted molar refractivity (Wildman–Crippen MR) is 72.0 cm³/mol. The van der Waals surface area contributed by atoms with E-state index in [1.807, 2.05) is 0 Å². The molecule has 1 amide bonds. The molecule has 6 heteroatoms. The highest BCUT2D eigenvalue weighted by molar-refractivity contribution is 7.84. The average molecular weight is 279 g/mol. The Bertz CT molecular complexity index is 621. The molecule has 100 valence electrons. The Morgan fingerprint density at radius 2 is 2.11 bits per heavy atom. The quantitative estimate of drug-likeness (QED) is 0.932. The van der Waals surface area contributed by atoms with E-state index in [9.17, 15) is 9.00 Å². The number of benzene rings is 1. The molecule has 0 aliphatic heterocycles. The Labute approximate surface area is 113 Å². The third-order valence-electron chi connectivity index (χ3n) is 2.42. The van der Waals surface area contributed by atoms with Crippen LogP contribution in [0.5, 0.6) is 5.75 Å². The number of hydrogen-bond donors (Lipinski definition) is 1. The molecule has 1 N–H and O–H groups in total. The molecule has 1 unspecified atom stereocenters. The monoisotopic (exact) mass is 279 g/mol. The van der Waals surface area contributed by atoms with Crippen LogP contribution in [0, 0.1) is 0 Å². The average Bonchev–Trinajstić information content (AvgIpc) is 2.89. The second-order valence-electron chi connectivity index (χ2n) is 3.76. The van der Waals surface area contributed by atoms with E-state index in [1.165, 1.54) is 18.4 Å². The van der Waals surface area contributed by atoms with Crippen molar-refractivity contribution in [1.29, 1.82) is 0 Å². The molecule has 2 aromatic rings. The molecule has 0 aliphatic rings. The number of ether oxygens (including phenoxy) is 1. The summed E-state index contributed by atoms with van der Waals surface area (Å²) in [5.74, 6) is 0.366. The fourth-order valence-corrected chi connectivity index (χ4v) is 1.96. The maximum atomic E-state index is 11.9. The van der Waals surface area contributed by atoms with Crippen LogP contribution in [0.4, 0.5) is 5.69 Å². The first-order valence-corrected chi connectivity index (χ1v) is 7.04. The Morgan fingerprint density at radius 3 is 2.74 bits per heavy atom. The van der Waals surface area contributed by atoms with E-state index in [-0.39, 0.29) is 10.9 Å². The maximum Gasteiger partial charge on any atom is 0.291 e. The van der Waals surface area contributed by atoms with Crippen LogP contribution in [0.2, 0.25) is 0 Å². The van der Waals surface area contributed by atoms with Crippen LogP contribution in [-0.2, 0) is 10.8 Å². The molecule has 5 nitrogen and oxygen atoms in total. The Balaban J connectivity index is 2.13. The van der Waals surface area contributed by atoms with Gasteiger partial charge in [-0.2, -0.15) is 0 Å². The first-order chi connectivity index (χ1) is 9.10. The lowest BCUT2D eigenvalue weighted by atomic mass is 10.3. The Morgan fingerprint density at radius 1 is 1.32 bits per heavy atom. The molecule has 1 aromatic carbocycles. The summed E-state index contributed by atoms with van der Waals surface area (Å²) >= 11 is 0. The molecule has 0 aliphatic carbocycles. The number of carbonyl (C=O) groups is 1. The van der Waals surface area contributed by atoms with E-state index < -0.39 is 16.7 Å². The van der Waals surface area contributed by atoms with Crippen molar-refractivity contribution in [2.24, 2.45) is 0 Å². The molecule has 0 saturated heterocycles. The summed E-state index contributed by atoms with van der Waals surface area (Å²) < 4.78 is 21.4. The van der Waals surface area contributed by atoms with Gasteiger partial charge >= 0.3 is 0 Å². The molecule has 2 rings (SSSR count). The zero-order chi connectivity index (χ0) is 13.8. The number of nitrogens with one attached hydrogen (secondary N) is 1. The number of methoxy groups -OCH3 is 1. The van der Waals surface area contributed by atoms with Gasteiger partial charge in [-0.3, -0.25) is 9.00 Å². The zero-order valence-corrected chi connectivity index (χ0v) is 11.3. The molecule has 0 fully saturated rings. The minimum Gasteiger partial charge on any atom is -0.497 e. The van der Waals surface area contributed by atoms with E-state index >= 15 is 0 Å². The number of amides is 1. The van der Waals surface area contributed by atoms with E-state index in [0.717, 1.165) is 0 Å². The molecule has 19 heavy (non-hydrogen) atoms. The first-order valence-electron chi connectivity index (χ1n) is 5.49. The highest BCUT2D eigenvalue weighted by Gasteiger charge is 2.13. The van der Waals surface area contributed by atoms with Crippen LogP contribution in [0.15, 0.2) is 45.9 Å². The summed E-state index contributed by atoms with van der Waals surface area (Å²) in [6.45, 7) is 0. The largest absolute Gasteiger partial charge is 0.497 e. The summed E-state index contributed by atoms with van der Waals surface area (Å²) in [4.78, 5) is 11.9. The molecule has 0 saturated carbocycles. The summed E-state index contributed by atoms with van der Waals surface area (Å²) in [7, 11) is 0.309. The molecule has 1 atom stereocenters. The normalized spacial score (nSPS) is 11.9. The van der Waals surface area contributed by atoms with Gasteiger partial charge in [0.05, 0.1) is 17.9 Å². The van der Waals surface area contributed by atoms with E-state index in [2.05, 4.69) is 5.32 Å². The lowest BCUT2D eigenvalue weighted by molar-refractivity contribution is 0.0992. The molecule has 1 aromatic heterocycles. The maximum absolute atomic E-state index is 11.9. The van der Waals surface area contributed by atoms with Gasteiger partial charge in [0.25, 0.3) is 5.91 Å². The minimum atomic E-state index is -1.24. The third-order valence-corrected chi connectivity index (χ3v) is 3.20. The van der Waals surface area contributed by atoms with Crippen molar-refractivity contribution in [3.05, 3.63) is 42.2 Å². The predicted octanol–water partition coefficient (Wildman–Crippen LogP) is 2.28. The summed E-state index contributed by atoms with van der Waals surface area (Å²) in [5.41, 5.74) is 0.597. The molecule has 1 heterocycles. The molecule has 0 bridgehead atoms. The van der Waals surface area contributed by atoms with Crippen LogP contribution >= 0.6 is 0 Å². The van der Waals surface area contributed by atoms with Gasteiger partial charge in [0.2, 0.25) is 0 Å². The van der Waals surface area contributed by atoms with Gasteiger partial charge in [-0.15, -0.1) is 0 Å². The van der Waals surface area contributed by atoms with Gasteiger partial charge < -0.3 is 14.5 Å². The Hall–Kier alpha value is -2.08. The van der Waals surface area contributed by atoms with Gasteiger partial charge in [0.15, 0.2) is 10.9 Å². The number of rotatable bonds is 4. The van der Waals surface area contributed by atoms with E-state index in [4.69, 9.17) is 9.15 Å². The van der Waals surface area contributed by atoms with Crippen LogP contribution in [0.3, 0.4) is 0 Å². The van der Waals surface area contributed by atoms with Crippen LogP contribution in [0.1, 0.15) is 10.6 Å². The van der Waals surface area contributed by atoms with Crippen molar-refractivity contribution in [1.82, 2.24) is 0 Å². The molecule has 0 radical (unpaired) electrons. The van der Waals surface area contributed by atoms with Crippen LogP contribution in [-0.4, -0.2) is 23.5 Å². The van der Waals surface area contributed by atoms with Crippen molar-refractivity contribution in [2.75, 3.05) is 18.7 Å². The zero-order valence-electron chi connectivity index (χ0n) is 10.5. The van der Waals surface area contributed by atoms with Crippen LogP contribution < -0.4 is 10.1 Å². The van der Waals surface area contributed by atoms with Crippen molar-refractivity contribution in [3.63, 3.8) is 0 Å². The lowest BCUT2D eigenvalue weighted by Gasteiger charge is -2.05. The highest BCUT2D eigenvalue weighted by atomic mass is 32.2. The number of furan rings is 1. The van der Waals surface area contributed by atoms with Gasteiger partial charge in [-0.25, -0.2) is 0 Å². The number of carbonyl (C=O) groups excluding carboxylic acids is 1. The standard InChI is InChI=1S/C13H13NO4S/c1-17-10-5-3-4-9(8-10)14-13(15)11-6-7-12(18-11)19(2)16/h3-8H,1-2H3,(H,14,15). The van der Waals surface area contributed by atoms with Gasteiger partial charge in [0.1, 0.15) is 5.75 Å². The summed E-state index contributed by atoms with van der Waals surface area (Å²) in [5, 5.41) is 2.95. The fraction of sp³-hybridized carbons (Fsp3) is 0.154. The second kappa shape index (κ2) is 5.71. The van der Waals surface area contributed by atoms with Crippen molar-refractivity contribution in [3.8, 4) is 5.75 Å². The van der Waals surface area contributed by atoms with Crippen molar-refractivity contribution in [2.45, 2.75) is 5.09 Å². The third kappa shape index (κ3) is 3.23. The second-order valence-corrected chi connectivity index (χ2v) is 5.07.